The number of methoxy groups -OCH3 is 1. The van der Waals surface area contributed by atoms with Crippen LogP contribution in [0.15, 0.2) is 103 Å². The molecule has 0 radical (unpaired) electrons. The molecular formula is C34H40N4O. The van der Waals surface area contributed by atoms with Gasteiger partial charge in [-0.15, -0.1) is 0 Å². The molecular weight excluding hydrogens is 480 g/mol. The molecule has 4 aromatic carbocycles. The van der Waals surface area contributed by atoms with Gasteiger partial charge in [0.15, 0.2) is 0 Å². The van der Waals surface area contributed by atoms with Gasteiger partial charge in [0.2, 0.25) is 0 Å². The zero-order valence-electron chi connectivity index (χ0n) is 23.8. The summed E-state index contributed by atoms with van der Waals surface area (Å²) in [6.45, 7) is 10.3. The predicted molar refractivity (Wildman–Crippen MR) is 167 cm³/mol. The zero-order valence-corrected chi connectivity index (χ0v) is 23.8. The van der Waals surface area contributed by atoms with Gasteiger partial charge < -0.3 is 16.2 Å². The molecule has 0 unspecified atom stereocenters. The van der Waals surface area contributed by atoms with Crippen LogP contribution in [-0.2, 0) is 0 Å². The summed E-state index contributed by atoms with van der Waals surface area (Å²) in [6, 6.07) is 32.1. The van der Waals surface area contributed by atoms with E-state index in [1.165, 1.54) is 22.3 Å². The Morgan fingerprint density at radius 2 is 1.21 bits per heavy atom. The molecule has 0 aliphatic rings. The third-order valence-electron chi connectivity index (χ3n) is 5.71. The van der Waals surface area contributed by atoms with Crippen molar-refractivity contribution in [2.24, 2.45) is 5.73 Å². The van der Waals surface area contributed by atoms with Crippen molar-refractivity contribution in [2.75, 3.05) is 12.8 Å². The number of pyridine rings is 1. The monoisotopic (exact) mass is 520 g/mol. The number of nitrogens with zero attached hydrogens (tertiary/aromatic N) is 1. The number of aromatic nitrogens is 1. The first-order valence-corrected chi connectivity index (χ1v) is 12.7. The molecule has 0 saturated heterocycles. The van der Waals surface area contributed by atoms with E-state index in [0.29, 0.717) is 5.82 Å². The van der Waals surface area contributed by atoms with Gasteiger partial charge in [0.25, 0.3) is 0 Å². The summed E-state index contributed by atoms with van der Waals surface area (Å²) in [5.74, 6) is 1.65. The highest BCUT2D eigenvalue weighted by Gasteiger charge is 1.97. The summed E-state index contributed by atoms with van der Waals surface area (Å²) in [5.41, 5.74) is 18.0. The lowest BCUT2D eigenvalue weighted by atomic mass is 10.1. The van der Waals surface area contributed by atoms with Crippen LogP contribution in [0.5, 0.6) is 5.75 Å². The van der Waals surface area contributed by atoms with Crippen molar-refractivity contribution in [1.82, 2.24) is 4.98 Å². The maximum atomic E-state index is 7.11. The van der Waals surface area contributed by atoms with Gasteiger partial charge in [-0.1, -0.05) is 94.5 Å². The van der Waals surface area contributed by atoms with E-state index in [9.17, 15) is 0 Å². The number of nitrogen functional groups attached to an aromatic ring is 2. The molecule has 202 valence electrons. The second-order valence-electron chi connectivity index (χ2n) is 9.38. The van der Waals surface area contributed by atoms with E-state index >= 15 is 0 Å². The number of hydrogen-bond donors (Lipinski definition) is 3. The lowest BCUT2D eigenvalue weighted by Gasteiger charge is -2.00. The molecule has 0 fully saturated rings. The van der Waals surface area contributed by atoms with Gasteiger partial charge in [-0.3, -0.25) is 5.41 Å². The fraction of sp³-hybridized carbons (Fsp3) is 0.176. The minimum absolute atomic E-state index is 0.128. The highest BCUT2D eigenvalue weighted by atomic mass is 16.5. The molecule has 5 aromatic rings. The Bertz CT molecular complexity index is 1460. The molecule has 1 aromatic heterocycles. The fourth-order valence-corrected chi connectivity index (χ4v) is 3.60. The van der Waals surface area contributed by atoms with Crippen LogP contribution in [0.2, 0.25) is 0 Å². The molecule has 5 N–H and O–H groups in total. The summed E-state index contributed by atoms with van der Waals surface area (Å²) in [7, 11) is 1.67. The van der Waals surface area contributed by atoms with Crippen LogP contribution in [0.1, 0.15) is 33.4 Å². The zero-order chi connectivity index (χ0) is 28.8. The Balaban J connectivity index is 0.000000185. The number of fused-ring (bicyclic) bond motifs is 1. The third-order valence-corrected chi connectivity index (χ3v) is 5.71. The van der Waals surface area contributed by atoms with Gasteiger partial charge in [-0.2, -0.15) is 0 Å². The second-order valence-corrected chi connectivity index (χ2v) is 9.38. The standard InChI is InChI=1S/C10H10N2.C8H10N2.C8H10O.C8H10/c1-7-2-3-8-4-5-12-10(11)9(8)6-7;1-6-3-2-4-7(5-6)8(9)10;1-7-3-5-8(9-2)6-4-7;1-7-4-3-5-8(2)6-7/h2-6H,1H3,(H2,11,12);2-5H,1H3,(H3,9,10);3-6H,1-2H3;3-6H,1-2H3. The summed E-state index contributed by atoms with van der Waals surface area (Å²) in [5, 5.41) is 9.30. The molecule has 1 heterocycles. The number of hydrogen-bond acceptors (Lipinski definition) is 4. The Morgan fingerprint density at radius 3 is 1.69 bits per heavy atom. The lowest BCUT2D eigenvalue weighted by molar-refractivity contribution is 0.414. The van der Waals surface area contributed by atoms with E-state index in [1.807, 2.05) is 68.4 Å². The molecule has 0 saturated carbocycles. The van der Waals surface area contributed by atoms with E-state index in [2.05, 4.69) is 68.2 Å². The highest BCUT2D eigenvalue weighted by molar-refractivity contribution is 5.95. The molecule has 0 amide bonds. The van der Waals surface area contributed by atoms with E-state index in [4.69, 9.17) is 21.6 Å². The van der Waals surface area contributed by atoms with Crippen LogP contribution in [0.4, 0.5) is 5.82 Å². The molecule has 5 rings (SSSR count). The summed E-state index contributed by atoms with van der Waals surface area (Å²) in [6.07, 6.45) is 1.73. The normalized spacial score (nSPS) is 9.59. The number of ether oxygens (including phenoxy) is 1. The lowest BCUT2D eigenvalue weighted by Crippen LogP contribution is -2.10. The average Bonchev–Trinajstić information content (AvgIpc) is 2.91. The summed E-state index contributed by atoms with van der Waals surface area (Å²) >= 11 is 0. The van der Waals surface area contributed by atoms with Crippen molar-refractivity contribution in [1.29, 1.82) is 5.41 Å². The summed E-state index contributed by atoms with van der Waals surface area (Å²) in [4.78, 5) is 4.03. The van der Waals surface area contributed by atoms with Gasteiger partial charge in [0, 0.05) is 17.1 Å². The molecule has 0 atom stereocenters. The van der Waals surface area contributed by atoms with Crippen LogP contribution < -0.4 is 16.2 Å². The molecule has 5 heteroatoms. The molecule has 0 bridgehead atoms. The first-order valence-electron chi connectivity index (χ1n) is 12.7. The van der Waals surface area contributed by atoms with Gasteiger partial charge in [-0.25, -0.2) is 4.98 Å². The Kier molecular flexibility index (Phi) is 12.2. The number of benzene rings is 4. The van der Waals surface area contributed by atoms with Crippen molar-refractivity contribution < 1.29 is 4.74 Å². The fourth-order valence-electron chi connectivity index (χ4n) is 3.60. The van der Waals surface area contributed by atoms with Gasteiger partial charge in [0.05, 0.1) is 7.11 Å². The third kappa shape index (κ3) is 11.1. The van der Waals surface area contributed by atoms with E-state index in [1.54, 1.807) is 13.3 Å². The van der Waals surface area contributed by atoms with Gasteiger partial charge in [0.1, 0.15) is 17.4 Å². The highest BCUT2D eigenvalue weighted by Crippen LogP contribution is 2.19. The number of nitrogens with two attached hydrogens (primary N) is 2. The van der Waals surface area contributed by atoms with Crippen molar-refractivity contribution in [3.63, 3.8) is 0 Å². The van der Waals surface area contributed by atoms with Crippen LogP contribution >= 0.6 is 0 Å². The first-order chi connectivity index (χ1) is 18.6. The number of anilines is 1. The Labute approximate surface area is 233 Å². The summed E-state index contributed by atoms with van der Waals surface area (Å²) < 4.78 is 4.97. The van der Waals surface area contributed by atoms with Crippen LogP contribution in [-0.4, -0.2) is 17.9 Å². The Morgan fingerprint density at radius 1 is 0.667 bits per heavy atom. The maximum absolute atomic E-state index is 7.11. The molecule has 0 aliphatic carbocycles. The van der Waals surface area contributed by atoms with Gasteiger partial charge >= 0.3 is 0 Å². The number of nitrogens with one attached hydrogen (secondary N) is 1. The van der Waals surface area contributed by atoms with E-state index < -0.39 is 0 Å². The van der Waals surface area contributed by atoms with Crippen molar-refractivity contribution in [3.05, 3.63) is 137 Å². The van der Waals surface area contributed by atoms with E-state index in [-0.39, 0.29) is 5.84 Å². The van der Waals surface area contributed by atoms with Crippen LogP contribution in [0.25, 0.3) is 10.8 Å². The first kappa shape index (κ1) is 30.6. The van der Waals surface area contributed by atoms with E-state index in [0.717, 1.165) is 27.6 Å². The van der Waals surface area contributed by atoms with Crippen molar-refractivity contribution in [3.8, 4) is 5.75 Å². The minimum atomic E-state index is 0.128. The minimum Gasteiger partial charge on any atom is -0.497 e. The maximum Gasteiger partial charge on any atom is 0.131 e. The van der Waals surface area contributed by atoms with Crippen LogP contribution in [0, 0.1) is 40.0 Å². The molecule has 0 aliphatic heterocycles. The number of amidine groups is 1. The SMILES string of the molecule is COc1ccc(C)cc1.Cc1ccc2ccnc(N)c2c1.Cc1cccc(C(=N)N)c1.Cc1cccc(C)c1. The quantitative estimate of drug-likeness (QED) is 0.164. The number of rotatable bonds is 2. The molecule has 39 heavy (non-hydrogen) atoms. The van der Waals surface area contributed by atoms with Crippen LogP contribution in [0.3, 0.4) is 0 Å². The topological polar surface area (TPSA) is 98.0 Å². The molecule has 5 nitrogen and oxygen atoms in total. The molecule has 0 spiro atoms. The van der Waals surface area contributed by atoms with Crippen molar-refractivity contribution >= 4 is 22.4 Å². The second kappa shape index (κ2) is 15.6. The van der Waals surface area contributed by atoms with Gasteiger partial charge in [-0.05, 0) is 70.3 Å². The number of aryl methyl sites for hydroxylation is 5. The largest absolute Gasteiger partial charge is 0.497 e. The Hall–Kier alpha value is -4.64. The predicted octanol–water partition coefficient (Wildman–Crippen LogP) is 7.71. The van der Waals surface area contributed by atoms with Crippen molar-refractivity contribution in [2.45, 2.75) is 34.6 Å². The smallest absolute Gasteiger partial charge is 0.131 e. The average molecular weight is 521 g/mol.